The summed E-state index contributed by atoms with van der Waals surface area (Å²) in [5.74, 6) is -1.46. The van der Waals surface area contributed by atoms with Crippen LogP contribution in [0.15, 0.2) is 18.2 Å². The van der Waals surface area contributed by atoms with E-state index in [4.69, 9.17) is 5.73 Å². The Morgan fingerprint density at radius 3 is 2.19 bits per heavy atom. The smallest absolute Gasteiger partial charge is 0.319 e. The predicted molar refractivity (Wildman–Crippen MR) is 73.6 cm³/mol. The topological polar surface area (TPSA) is 81.9 Å². The zero-order chi connectivity index (χ0) is 15.8. The molecule has 0 saturated carbocycles. The first-order valence-corrected chi connectivity index (χ1v) is 6.33. The first kappa shape index (κ1) is 17.1. The normalized spacial score (nSPS) is 10.5. The molecule has 1 rings (SSSR count). The summed E-state index contributed by atoms with van der Waals surface area (Å²) in [6.45, 7) is 0.0550. The Balaban J connectivity index is 2.83. The largest absolute Gasteiger partial charge is 0.468 e. The number of rotatable bonds is 7. The number of nitrogens with two attached hydrogens (primary N) is 1. The van der Waals surface area contributed by atoms with Gasteiger partial charge in [-0.25, -0.2) is 4.39 Å². The lowest BCUT2D eigenvalue weighted by Crippen LogP contribution is -2.35. The molecule has 0 heterocycles. The van der Waals surface area contributed by atoms with Crippen molar-refractivity contribution in [3.63, 3.8) is 0 Å². The average molecular weight is 298 g/mol. The average Bonchev–Trinajstić information content (AvgIpc) is 2.48. The molecule has 6 nitrogen and oxygen atoms in total. The molecule has 0 aliphatic rings. The summed E-state index contributed by atoms with van der Waals surface area (Å²) in [6, 6.07) is 4.62. The van der Waals surface area contributed by atoms with Gasteiger partial charge in [-0.15, -0.1) is 0 Å². The third kappa shape index (κ3) is 5.49. The number of hydrogen-bond acceptors (Lipinski definition) is 6. The molecule has 0 spiro atoms. The highest BCUT2D eigenvalue weighted by Gasteiger charge is 2.17. The number of hydrogen-bond donors (Lipinski definition) is 1. The summed E-state index contributed by atoms with van der Waals surface area (Å²) in [6.07, 6.45) is 0. The maximum Gasteiger partial charge on any atom is 0.319 e. The van der Waals surface area contributed by atoms with Crippen molar-refractivity contribution in [2.45, 2.75) is 13.1 Å². The number of benzene rings is 1. The molecule has 0 aliphatic heterocycles. The van der Waals surface area contributed by atoms with Crippen LogP contribution in [0.1, 0.15) is 11.1 Å². The van der Waals surface area contributed by atoms with E-state index in [0.29, 0.717) is 11.1 Å². The van der Waals surface area contributed by atoms with Gasteiger partial charge in [0.15, 0.2) is 0 Å². The van der Waals surface area contributed by atoms with Gasteiger partial charge in [-0.05, 0) is 11.6 Å². The van der Waals surface area contributed by atoms with E-state index in [9.17, 15) is 14.0 Å². The molecule has 116 valence electrons. The van der Waals surface area contributed by atoms with E-state index >= 15 is 0 Å². The summed E-state index contributed by atoms with van der Waals surface area (Å²) in [5.41, 5.74) is 6.47. The Bertz CT molecular complexity index is 490. The molecule has 2 N–H and O–H groups in total. The van der Waals surface area contributed by atoms with Crippen LogP contribution < -0.4 is 5.73 Å². The van der Waals surface area contributed by atoms with Gasteiger partial charge in [0.25, 0.3) is 0 Å². The number of halogens is 1. The van der Waals surface area contributed by atoms with Crippen molar-refractivity contribution in [1.29, 1.82) is 0 Å². The van der Waals surface area contributed by atoms with Crippen LogP contribution in [-0.2, 0) is 32.2 Å². The molecule has 0 amide bonds. The third-order valence-corrected chi connectivity index (χ3v) is 2.91. The second kappa shape index (κ2) is 8.33. The number of carbonyl (C=O) groups is 2. The van der Waals surface area contributed by atoms with E-state index in [0.717, 1.165) is 0 Å². The highest BCUT2D eigenvalue weighted by molar-refractivity contribution is 5.74. The first-order chi connectivity index (χ1) is 9.99. The van der Waals surface area contributed by atoms with Crippen molar-refractivity contribution in [1.82, 2.24) is 4.90 Å². The zero-order valence-electron chi connectivity index (χ0n) is 12.1. The summed E-state index contributed by atoms with van der Waals surface area (Å²) in [4.78, 5) is 24.1. The lowest BCUT2D eigenvalue weighted by Gasteiger charge is -2.20. The molecule has 1 aromatic rings. The molecule has 0 saturated heterocycles. The van der Waals surface area contributed by atoms with Crippen molar-refractivity contribution >= 4 is 11.9 Å². The molecule has 0 atom stereocenters. The minimum Gasteiger partial charge on any atom is -0.468 e. The van der Waals surface area contributed by atoms with Crippen molar-refractivity contribution in [3.05, 3.63) is 35.1 Å². The van der Waals surface area contributed by atoms with Gasteiger partial charge in [-0.2, -0.15) is 0 Å². The van der Waals surface area contributed by atoms with Crippen LogP contribution in [0, 0.1) is 5.82 Å². The maximum absolute atomic E-state index is 13.9. The van der Waals surface area contributed by atoms with Crippen LogP contribution in [-0.4, -0.2) is 44.1 Å². The summed E-state index contributed by atoms with van der Waals surface area (Å²) in [5, 5.41) is 0. The molecule has 0 aromatic heterocycles. The monoisotopic (exact) mass is 298 g/mol. The van der Waals surface area contributed by atoms with Crippen molar-refractivity contribution in [2.24, 2.45) is 5.73 Å². The third-order valence-electron chi connectivity index (χ3n) is 2.91. The van der Waals surface area contributed by atoms with Crippen LogP contribution in [0.5, 0.6) is 0 Å². The second-order valence-electron chi connectivity index (χ2n) is 4.43. The molecular formula is C14H19FN2O4. The Morgan fingerprint density at radius 2 is 1.76 bits per heavy atom. The van der Waals surface area contributed by atoms with Gasteiger partial charge in [-0.3, -0.25) is 14.5 Å². The molecule has 0 aliphatic carbocycles. The molecule has 7 heteroatoms. The van der Waals surface area contributed by atoms with Crippen molar-refractivity contribution in [3.8, 4) is 0 Å². The van der Waals surface area contributed by atoms with Crippen LogP contribution in [0.4, 0.5) is 4.39 Å². The fourth-order valence-corrected chi connectivity index (χ4v) is 1.75. The molecular weight excluding hydrogens is 279 g/mol. The summed E-state index contributed by atoms with van der Waals surface area (Å²) < 4.78 is 23.0. The standard InChI is InChI=1S/C14H19FN2O4/c1-20-13(18)8-17(9-14(19)21-2)7-11-4-3-10(6-16)5-12(11)15/h3-5H,6-9,16H2,1-2H3. The van der Waals surface area contributed by atoms with Crippen LogP contribution >= 0.6 is 0 Å². The fourth-order valence-electron chi connectivity index (χ4n) is 1.75. The van der Waals surface area contributed by atoms with Gasteiger partial charge in [0, 0.05) is 18.7 Å². The SMILES string of the molecule is COC(=O)CN(CC(=O)OC)Cc1ccc(CN)cc1F. The molecule has 0 fully saturated rings. The quantitative estimate of drug-likeness (QED) is 0.735. The van der Waals surface area contributed by atoms with E-state index in [-0.39, 0.29) is 26.2 Å². The first-order valence-electron chi connectivity index (χ1n) is 6.33. The molecule has 21 heavy (non-hydrogen) atoms. The number of carbonyl (C=O) groups excluding carboxylic acids is 2. The highest BCUT2D eigenvalue weighted by Crippen LogP contribution is 2.13. The lowest BCUT2D eigenvalue weighted by molar-refractivity contribution is -0.145. The van der Waals surface area contributed by atoms with Crippen molar-refractivity contribution < 1.29 is 23.5 Å². The van der Waals surface area contributed by atoms with Crippen LogP contribution in [0.25, 0.3) is 0 Å². The van der Waals surface area contributed by atoms with Crippen LogP contribution in [0.3, 0.4) is 0 Å². The molecule has 0 radical (unpaired) electrons. The minimum atomic E-state index is -0.516. The van der Waals surface area contributed by atoms with Crippen LogP contribution in [0.2, 0.25) is 0 Å². The van der Waals surface area contributed by atoms with Gasteiger partial charge in [-0.1, -0.05) is 12.1 Å². The fraction of sp³-hybridized carbons (Fsp3) is 0.429. The zero-order valence-corrected chi connectivity index (χ0v) is 12.1. The Hall–Kier alpha value is -1.99. The lowest BCUT2D eigenvalue weighted by atomic mass is 10.1. The van der Waals surface area contributed by atoms with E-state index in [1.165, 1.54) is 25.2 Å². The Labute approximate surface area is 122 Å². The van der Waals surface area contributed by atoms with E-state index in [1.54, 1.807) is 12.1 Å². The number of nitrogens with zero attached hydrogens (tertiary/aromatic N) is 1. The molecule has 0 bridgehead atoms. The van der Waals surface area contributed by atoms with Crippen molar-refractivity contribution in [2.75, 3.05) is 27.3 Å². The van der Waals surface area contributed by atoms with Gasteiger partial charge in [0.1, 0.15) is 5.82 Å². The van der Waals surface area contributed by atoms with E-state index in [2.05, 4.69) is 9.47 Å². The summed E-state index contributed by atoms with van der Waals surface area (Å²) in [7, 11) is 2.49. The summed E-state index contributed by atoms with van der Waals surface area (Å²) >= 11 is 0. The number of methoxy groups -OCH3 is 2. The number of esters is 2. The number of ether oxygens (including phenoxy) is 2. The van der Waals surface area contributed by atoms with E-state index < -0.39 is 17.8 Å². The van der Waals surface area contributed by atoms with E-state index in [1.807, 2.05) is 0 Å². The molecule has 1 aromatic carbocycles. The Morgan fingerprint density at radius 1 is 1.19 bits per heavy atom. The van der Waals surface area contributed by atoms with Gasteiger partial charge >= 0.3 is 11.9 Å². The highest BCUT2D eigenvalue weighted by atomic mass is 19.1. The maximum atomic E-state index is 13.9. The van der Waals surface area contributed by atoms with Gasteiger partial charge < -0.3 is 15.2 Å². The van der Waals surface area contributed by atoms with Gasteiger partial charge in [0.05, 0.1) is 27.3 Å². The minimum absolute atomic E-state index is 0.0842. The van der Waals surface area contributed by atoms with Gasteiger partial charge in [0.2, 0.25) is 0 Å². The Kier molecular flexibility index (Phi) is 6.77. The second-order valence-corrected chi connectivity index (χ2v) is 4.43. The predicted octanol–water partition coefficient (Wildman–Crippen LogP) is 0.432. The molecule has 0 unspecified atom stereocenters.